The van der Waals surface area contributed by atoms with E-state index in [-0.39, 0.29) is 11.8 Å². The molecular formula is C20H23BrN2O4. The van der Waals surface area contributed by atoms with Gasteiger partial charge in [0.25, 0.3) is 5.91 Å². The molecule has 0 fully saturated rings. The minimum atomic E-state index is -0.158. The summed E-state index contributed by atoms with van der Waals surface area (Å²) in [5, 5.41) is 2.83. The van der Waals surface area contributed by atoms with Gasteiger partial charge in [-0.3, -0.25) is 9.59 Å². The average Bonchev–Trinajstić information content (AvgIpc) is 2.65. The van der Waals surface area contributed by atoms with Crippen molar-refractivity contribution in [2.45, 2.75) is 12.8 Å². The molecule has 0 saturated carbocycles. The normalized spacial score (nSPS) is 10.3. The van der Waals surface area contributed by atoms with Gasteiger partial charge in [-0.1, -0.05) is 6.07 Å². The fourth-order valence-electron chi connectivity index (χ4n) is 2.53. The average molecular weight is 435 g/mol. The summed E-state index contributed by atoms with van der Waals surface area (Å²) >= 11 is 3.44. The van der Waals surface area contributed by atoms with Gasteiger partial charge in [-0.25, -0.2) is 0 Å². The van der Waals surface area contributed by atoms with Crippen molar-refractivity contribution in [3.05, 3.63) is 52.0 Å². The third kappa shape index (κ3) is 5.47. The van der Waals surface area contributed by atoms with E-state index >= 15 is 0 Å². The monoisotopic (exact) mass is 434 g/mol. The van der Waals surface area contributed by atoms with Crippen LogP contribution in [0.5, 0.6) is 11.5 Å². The first-order chi connectivity index (χ1) is 12.8. The van der Waals surface area contributed by atoms with Gasteiger partial charge in [-0.05, 0) is 58.2 Å². The second-order valence-electron chi connectivity index (χ2n) is 6.13. The molecule has 0 radical (unpaired) electrons. The van der Waals surface area contributed by atoms with E-state index in [2.05, 4.69) is 21.2 Å². The van der Waals surface area contributed by atoms with E-state index in [9.17, 15) is 9.59 Å². The molecule has 0 aliphatic heterocycles. The van der Waals surface area contributed by atoms with Crippen LogP contribution < -0.4 is 14.8 Å². The molecule has 2 amide bonds. The topological polar surface area (TPSA) is 67.9 Å². The van der Waals surface area contributed by atoms with Gasteiger partial charge in [0.1, 0.15) is 11.5 Å². The maximum absolute atomic E-state index is 12.4. The zero-order valence-corrected chi connectivity index (χ0v) is 17.4. The number of carbonyl (C=O) groups excluding carboxylic acids is 2. The molecule has 1 N–H and O–H groups in total. The molecule has 0 unspecified atom stereocenters. The molecule has 0 saturated heterocycles. The fourth-order valence-corrected chi connectivity index (χ4v) is 3.12. The highest BCUT2D eigenvalue weighted by atomic mass is 79.9. The van der Waals surface area contributed by atoms with Crippen LogP contribution in [0.3, 0.4) is 0 Å². The summed E-state index contributed by atoms with van der Waals surface area (Å²) in [4.78, 5) is 26.0. The second-order valence-corrected chi connectivity index (χ2v) is 6.99. The Morgan fingerprint density at radius 1 is 1.04 bits per heavy atom. The summed E-state index contributed by atoms with van der Waals surface area (Å²) in [6, 6.07) is 10.7. The SMILES string of the molecule is COc1ccc(CCC(=O)Nc2cc(C(=O)N(C)C)ccc2OC)cc1Br. The number of halogens is 1. The highest BCUT2D eigenvalue weighted by Gasteiger charge is 2.14. The van der Waals surface area contributed by atoms with E-state index in [4.69, 9.17) is 9.47 Å². The Morgan fingerprint density at radius 2 is 1.70 bits per heavy atom. The van der Waals surface area contributed by atoms with E-state index in [1.807, 2.05) is 18.2 Å². The smallest absolute Gasteiger partial charge is 0.253 e. The third-order valence-electron chi connectivity index (χ3n) is 3.98. The van der Waals surface area contributed by atoms with Crippen LogP contribution in [-0.4, -0.2) is 45.0 Å². The number of hydrogen-bond acceptors (Lipinski definition) is 4. The molecule has 0 spiro atoms. The number of anilines is 1. The van der Waals surface area contributed by atoms with Gasteiger partial charge in [0.15, 0.2) is 0 Å². The number of ether oxygens (including phenoxy) is 2. The third-order valence-corrected chi connectivity index (χ3v) is 4.60. The van der Waals surface area contributed by atoms with Gasteiger partial charge in [0.2, 0.25) is 5.91 Å². The lowest BCUT2D eigenvalue weighted by Gasteiger charge is -2.14. The Balaban J connectivity index is 2.07. The lowest BCUT2D eigenvalue weighted by Crippen LogP contribution is -2.22. The van der Waals surface area contributed by atoms with Gasteiger partial charge in [-0.15, -0.1) is 0 Å². The van der Waals surface area contributed by atoms with Crippen LogP contribution in [0.25, 0.3) is 0 Å². The van der Waals surface area contributed by atoms with Crippen molar-refractivity contribution in [2.75, 3.05) is 33.6 Å². The van der Waals surface area contributed by atoms with Crippen LogP contribution in [-0.2, 0) is 11.2 Å². The second kappa shape index (κ2) is 9.41. The standard InChI is InChI=1S/C20H23BrN2O4/c1-23(2)20(25)14-7-9-18(27-4)16(12-14)22-19(24)10-6-13-5-8-17(26-3)15(21)11-13/h5,7-9,11-12H,6,10H2,1-4H3,(H,22,24). The van der Waals surface area contributed by atoms with E-state index < -0.39 is 0 Å². The number of carbonyl (C=O) groups is 2. The highest BCUT2D eigenvalue weighted by molar-refractivity contribution is 9.10. The van der Waals surface area contributed by atoms with Crippen LogP contribution in [0.15, 0.2) is 40.9 Å². The Hall–Kier alpha value is -2.54. The molecule has 7 heteroatoms. The maximum Gasteiger partial charge on any atom is 0.253 e. The van der Waals surface area contributed by atoms with Crippen LogP contribution in [0, 0.1) is 0 Å². The first-order valence-electron chi connectivity index (χ1n) is 8.37. The molecular weight excluding hydrogens is 412 g/mol. The number of amides is 2. The summed E-state index contributed by atoms with van der Waals surface area (Å²) in [6.07, 6.45) is 0.876. The largest absolute Gasteiger partial charge is 0.496 e. The molecule has 0 aromatic heterocycles. The zero-order chi connectivity index (χ0) is 20.0. The summed E-state index contributed by atoms with van der Waals surface area (Å²) in [5.41, 5.74) is 1.97. The molecule has 0 atom stereocenters. The van der Waals surface area contributed by atoms with Crippen molar-refractivity contribution in [3.8, 4) is 11.5 Å². The molecule has 2 aromatic carbocycles. The number of aryl methyl sites for hydroxylation is 1. The number of hydrogen-bond donors (Lipinski definition) is 1. The molecule has 2 rings (SSSR count). The minimum absolute atomic E-state index is 0.142. The maximum atomic E-state index is 12.4. The van der Waals surface area contributed by atoms with E-state index in [0.717, 1.165) is 15.8 Å². The lowest BCUT2D eigenvalue weighted by molar-refractivity contribution is -0.116. The van der Waals surface area contributed by atoms with Gasteiger partial charge < -0.3 is 19.7 Å². The van der Waals surface area contributed by atoms with Crippen molar-refractivity contribution in [3.63, 3.8) is 0 Å². The number of rotatable bonds is 7. The molecule has 2 aromatic rings. The van der Waals surface area contributed by atoms with Crippen LogP contribution in [0.2, 0.25) is 0 Å². The molecule has 0 aliphatic carbocycles. The minimum Gasteiger partial charge on any atom is -0.496 e. The molecule has 144 valence electrons. The Morgan fingerprint density at radius 3 is 2.30 bits per heavy atom. The summed E-state index contributed by atoms with van der Waals surface area (Å²) in [7, 11) is 6.48. The summed E-state index contributed by atoms with van der Waals surface area (Å²) in [5.74, 6) is 0.951. The van der Waals surface area contributed by atoms with Crippen molar-refractivity contribution in [1.29, 1.82) is 0 Å². The number of methoxy groups -OCH3 is 2. The van der Waals surface area contributed by atoms with E-state index in [0.29, 0.717) is 29.8 Å². The van der Waals surface area contributed by atoms with E-state index in [1.54, 1.807) is 39.4 Å². The Kier molecular flexibility index (Phi) is 7.24. The number of nitrogens with zero attached hydrogens (tertiary/aromatic N) is 1. The van der Waals surface area contributed by atoms with Crippen molar-refractivity contribution in [1.82, 2.24) is 4.90 Å². The highest BCUT2D eigenvalue weighted by Crippen LogP contribution is 2.27. The predicted molar refractivity (Wildman–Crippen MR) is 109 cm³/mol. The summed E-state index contributed by atoms with van der Waals surface area (Å²) in [6.45, 7) is 0. The molecule has 6 nitrogen and oxygen atoms in total. The predicted octanol–water partition coefficient (Wildman–Crippen LogP) is 3.74. The van der Waals surface area contributed by atoms with Crippen LogP contribution >= 0.6 is 15.9 Å². The van der Waals surface area contributed by atoms with Gasteiger partial charge in [-0.2, -0.15) is 0 Å². The van der Waals surface area contributed by atoms with Gasteiger partial charge >= 0.3 is 0 Å². The first kappa shape index (κ1) is 20.8. The molecule has 27 heavy (non-hydrogen) atoms. The van der Waals surface area contributed by atoms with Crippen molar-refractivity contribution in [2.24, 2.45) is 0 Å². The van der Waals surface area contributed by atoms with Crippen LogP contribution in [0.1, 0.15) is 22.3 Å². The van der Waals surface area contributed by atoms with E-state index in [1.165, 1.54) is 12.0 Å². The molecule has 0 aliphatic rings. The van der Waals surface area contributed by atoms with Gasteiger partial charge in [0.05, 0.1) is 24.4 Å². The Bertz CT molecular complexity index is 837. The molecule has 0 heterocycles. The summed E-state index contributed by atoms with van der Waals surface area (Å²) < 4.78 is 11.3. The lowest BCUT2D eigenvalue weighted by atomic mass is 10.1. The number of nitrogens with one attached hydrogen (secondary N) is 1. The van der Waals surface area contributed by atoms with Crippen molar-refractivity contribution < 1.29 is 19.1 Å². The van der Waals surface area contributed by atoms with Crippen LogP contribution in [0.4, 0.5) is 5.69 Å². The quantitative estimate of drug-likeness (QED) is 0.720. The number of benzene rings is 2. The molecule has 0 bridgehead atoms. The van der Waals surface area contributed by atoms with Gasteiger partial charge in [0, 0.05) is 26.1 Å². The fraction of sp³-hybridized carbons (Fsp3) is 0.300. The first-order valence-corrected chi connectivity index (χ1v) is 9.17. The zero-order valence-electron chi connectivity index (χ0n) is 15.8. The Labute approximate surface area is 167 Å². The van der Waals surface area contributed by atoms with Crippen molar-refractivity contribution >= 4 is 33.4 Å².